The molecule has 0 unspecified atom stereocenters. The van der Waals surface area contributed by atoms with Gasteiger partial charge in [0.05, 0.1) is 10.0 Å². The molecular weight excluding hydrogens is 419 g/mol. The molecule has 0 spiro atoms. The maximum Gasteiger partial charge on any atom is 0.194 e. The van der Waals surface area contributed by atoms with Crippen LogP contribution in [0.2, 0.25) is 10.0 Å². The van der Waals surface area contributed by atoms with Crippen molar-refractivity contribution in [2.45, 2.75) is 0 Å². The third-order valence-corrected chi connectivity index (χ3v) is 5.12. The van der Waals surface area contributed by atoms with E-state index in [1.165, 1.54) is 0 Å². The van der Waals surface area contributed by atoms with E-state index in [1.54, 1.807) is 60.7 Å². The summed E-state index contributed by atoms with van der Waals surface area (Å²) in [4.78, 5) is 12.8. The van der Waals surface area contributed by atoms with Crippen LogP contribution in [0.25, 0.3) is 0 Å². The Kier molecular flexibility index (Phi) is 6.03. The predicted molar refractivity (Wildman–Crippen MR) is 119 cm³/mol. The van der Waals surface area contributed by atoms with Gasteiger partial charge in [-0.3, -0.25) is 4.79 Å². The Balaban J connectivity index is 1.55. The molecule has 0 aliphatic carbocycles. The molecule has 5 heteroatoms. The summed E-state index contributed by atoms with van der Waals surface area (Å²) in [5.74, 6) is 2.20. The minimum absolute atomic E-state index is 0.199. The van der Waals surface area contributed by atoms with Gasteiger partial charge in [-0.25, -0.2) is 0 Å². The molecular formula is C25H16Cl2O3. The lowest BCUT2D eigenvalue weighted by Crippen LogP contribution is -2.03. The summed E-state index contributed by atoms with van der Waals surface area (Å²) in [5, 5.41) is 0.446. The molecule has 4 aromatic carbocycles. The van der Waals surface area contributed by atoms with Crippen molar-refractivity contribution in [1.82, 2.24) is 0 Å². The molecule has 0 N–H and O–H groups in total. The fraction of sp³-hybridized carbons (Fsp3) is 0. The van der Waals surface area contributed by atoms with Crippen LogP contribution in [0.4, 0.5) is 0 Å². The monoisotopic (exact) mass is 434 g/mol. The first-order valence-corrected chi connectivity index (χ1v) is 9.95. The van der Waals surface area contributed by atoms with Gasteiger partial charge >= 0.3 is 0 Å². The van der Waals surface area contributed by atoms with Crippen molar-refractivity contribution < 1.29 is 14.3 Å². The van der Waals surface area contributed by atoms with Crippen LogP contribution in [-0.2, 0) is 0 Å². The van der Waals surface area contributed by atoms with Crippen molar-refractivity contribution in [1.29, 1.82) is 0 Å². The van der Waals surface area contributed by atoms with Crippen molar-refractivity contribution in [2.75, 3.05) is 0 Å². The summed E-state index contributed by atoms with van der Waals surface area (Å²) in [6.07, 6.45) is 0. The van der Waals surface area contributed by atoms with Gasteiger partial charge in [0.1, 0.15) is 23.0 Å². The third kappa shape index (κ3) is 4.65. The van der Waals surface area contributed by atoms with Gasteiger partial charge in [0.2, 0.25) is 0 Å². The van der Waals surface area contributed by atoms with E-state index in [2.05, 4.69) is 0 Å². The van der Waals surface area contributed by atoms with Gasteiger partial charge in [-0.2, -0.15) is 0 Å². The Morgan fingerprint density at radius 3 is 1.70 bits per heavy atom. The summed E-state index contributed by atoms with van der Waals surface area (Å²) in [6.45, 7) is 0. The molecule has 30 heavy (non-hydrogen) atoms. The SMILES string of the molecule is O=C(c1ccccc1)c1cc(Oc2ccc(Oc3ccccc3)cc2)cc(Cl)c1Cl. The second kappa shape index (κ2) is 9.04. The van der Waals surface area contributed by atoms with Gasteiger partial charge in [-0.05, 0) is 42.5 Å². The van der Waals surface area contributed by atoms with Crippen LogP contribution in [0.5, 0.6) is 23.0 Å². The number of hydrogen-bond donors (Lipinski definition) is 0. The zero-order valence-corrected chi connectivity index (χ0v) is 17.2. The first-order chi connectivity index (χ1) is 14.6. The maximum absolute atomic E-state index is 12.8. The third-order valence-electron chi connectivity index (χ3n) is 4.32. The van der Waals surface area contributed by atoms with Gasteiger partial charge in [0.15, 0.2) is 5.78 Å². The standard InChI is InChI=1S/C25H16Cl2O3/c26-23-16-21(15-22(24(23)27)25(28)17-7-3-1-4-8-17)30-20-13-11-19(12-14-20)29-18-9-5-2-6-10-18/h1-16H. The van der Waals surface area contributed by atoms with E-state index in [-0.39, 0.29) is 21.4 Å². The van der Waals surface area contributed by atoms with Crippen molar-refractivity contribution in [3.63, 3.8) is 0 Å². The molecule has 0 amide bonds. The lowest BCUT2D eigenvalue weighted by atomic mass is 10.0. The summed E-state index contributed by atoms with van der Waals surface area (Å²) in [5.41, 5.74) is 0.810. The molecule has 148 valence electrons. The van der Waals surface area contributed by atoms with E-state index in [0.717, 1.165) is 5.75 Å². The normalized spacial score (nSPS) is 10.5. The quantitative estimate of drug-likeness (QED) is 0.290. The molecule has 0 atom stereocenters. The zero-order chi connectivity index (χ0) is 20.9. The molecule has 0 saturated carbocycles. The highest BCUT2D eigenvalue weighted by molar-refractivity contribution is 6.44. The molecule has 0 heterocycles. The number of rotatable bonds is 6. The first kappa shape index (κ1) is 20.0. The van der Waals surface area contributed by atoms with E-state index in [0.29, 0.717) is 22.8 Å². The Hall–Kier alpha value is -3.27. The van der Waals surface area contributed by atoms with Crippen LogP contribution in [0.1, 0.15) is 15.9 Å². The van der Waals surface area contributed by atoms with Crippen molar-refractivity contribution in [3.05, 3.63) is 118 Å². The topological polar surface area (TPSA) is 35.5 Å². The van der Waals surface area contributed by atoms with Crippen LogP contribution in [-0.4, -0.2) is 5.78 Å². The summed E-state index contributed by atoms with van der Waals surface area (Å²) < 4.78 is 11.7. The minimum atomic E-state index is -0.223. The lowest BCUT2D eigenvalue weighted by Gasteiger charge is -2.11. The smallest absolute Gasteiger partial charge is 0.194 e. The number of hydrogen-bond acceptors (Lipinski definition) is 3. The van der Waals surface area contributed by atoms with Crippen LogP contribution >= 0.6 is 23.2 Å². The van der Waals surface area contributed by atoms with Crippen LogP contribution in [0, 0.1) is 0 Å². The van der Waals surface area contributed by atoms with Gasteiger partial charge in [0.25, 0.3) is 0 Å². The van der Waals surface area contributed by atoms with Gasteiger partial charge < -0.3 is 9.47 Å². The number of ketones is 1. The number of para-hydroxylation sites is 1. The number of benzene rings is 4. The molecule has 0 saturated heterocycles. The molecule has 4 rings (SSSR count). The summed E-state index contributed by atoms with van der Waals surface area (Å²) in [7, 11) is 0. The minimum Gasteiger partial charge on any atom is -0.457 e. The van der Waals surface area contributed by atoms with E-state index in [9.17, 15) is 4.79 Å². The van der Waals surface area contributed by atoms with Crippen LogP contribution in [0.3, 0.4) is 0 Å². The number of carbonyl (C=O) groups is 1. The fourth-order valence-corrected chi connectivity index (χ4v) is 3.27. The number of carbonyl (C=O) groups excluding carboxylic acids is 1. The average Bonchev–Trinajstić information content (AvgIpc) is 2.78. The Labute approximate surface area is 184 Å². The molecule has 0 radical (unpaired) electrons. The average molecular weight is 435 g/mol. The molecule has 3 nitrogen and oxygen atoms in total. The van der Waals surface area contributed by atoms with Crippen molar-refractivity contribution in [3.8, 4) is 23.0 Å². The predicted octanol–water partition coefficient (Wildman–Crippen LogP) is 7.81. The van der Waals surface area contributed by atoms with Crippen LogP contribution in [0.15, 0.2) is 97.1 Å². The number of ether oxygens (including phenoxy) is 2. The highest BCUT2D eigenvalue weighted by Crippen LogP contribution is 2.35. The lowest BCUT2D eigenvalue weighted by molar-refractivity contribution is 0.103. The first-order valence-electron chi connectivity index (χ1n) is 9.20. The zero-order valence-electron chi connectivity index (χ0n) is 15.7. The van der Waals surface area contributed by atoms with Crippen LogP contribution < -0.4 is 9.47 Å². The molecule has 0 fully saturated rings. The largest absolute Gasteiger partial charge is 0.457 e. The highest BCUT2D eigenvalue weighted by Gasteiger charge is 2.17. The Morgan fingerprint density at radius 2 is 1.10 bits per heavy atom. The van der Waals surface area contributed by atoms with Gasteiger partial charge in [0, 0.05) is 17.2 Å². The second-order valence-corrected chi connectivity index (χ2v) is 7.24. The van der Waals surface area contributed by atoms with Crippen molar-refractivity contribution >= 4 is 29.0 Å². The Morgan fingerprint density at radius 1 is 0.600 bits per heavy atom. The molecule has 0 aliphatic heterocycles. The molecule has 4 aromatic rings. The van der Waals surface area contributed by atoms with E-state index >= 15 is 0 Å². The second-order valence-electron chi connectivity index (χ2n) is 6.45. The van der Waals surface area contributed by atoms with Gasteiger partial charge in [-0.15, -0.1) is 0 Å². The fourth-order valence-electron chi connectivity index (χ4n) is 2.87. The van der Waals surface area contributed by atoms with E-state index < -0.39 is 0 Å². The van der Waals surface area contributed by atoms with Gasteiger partial charge in [-0.1, -0.05) is 71.7 Å². The highest BCUT2D eigenvalue weighted by atomic mass is 35.5. The molecule has 0 aliphatic rings. The maximum atomic E-state index is 12.8. The van der Waals surface area contributed by atoms with E-state index in [1.807, 2.05) is 36.4 Å². The molecule has 0 bridgehead atoms. The number of halogens is 2. The summed E-state index contributed by atoms with van der Waals surface area (Å²) in [6, 6.07) is 28.7. The van der Waals surface area contributed by atoms with Crippen molar-refractivity contribution in [2.24, 2.45) is 0 Å². The summed E-state index contributed by atoms with van der Waals surface area (Å²) >= 11 is 12.5. The molecule has 0 aromatic heterocycles. The van der Waals surface area contributed by atoms with E-state index in [4.69, 9.17) is 32.7 Å². The Bertz CT molecular complexity index is 1160.